The summed E-state index contributed by atoms with van der Waals surface area (Å²) in [6, 6.07) is 59.7. The first kappa shape index (κ1) is 29.8. The summed E-state index contributed by atoms with van der Waals surface area (Å²) in [6.45, 7) is 0. The number of pyridine rings is 4. The number of hydrogen-bond donors (Lipinski definition) is 0. The number of aromatic nitrogens is 4. The van der Waals surface area contributed by atoms with E-state index in [1.165, 1.54) is 11.1 Å². The lowest BCUT2D eigenvalue weighted by atomic mass is 9.96. The van der Waals surface area contributed by atoms with Gasteiger partial charge in [0, 0.05) is 45.1 Å². The van der Waals surface area contributed by atoms with Crippen molar-refractivity contribution < 1.29 is 0 Å². The lowest BCUT2D eigenvalue weighted by Gasteiger charge is -2.11. The van der Waals surface area contributed by atoms with Crippen molar-refractivity contribution >= 4 is 43.6 Å². The number of benzene rings is 6. The third kappa shape index (κ3) is 5.34. The van der Waals surface area contributed by atoms with Crippen LogP contribution >= 0.6 is 0 Å². The second kappa shape index (κ2) is 12.4. The quantitative estimate of drug-likeness (QED) is 0.172. The van der Waals surface area contributed by atoms with Crippen LogP contribution in [-0.2, 0) is 0 Å². The predicted molar refractivity (Wildman–Crippen MR) is 215 cm³/mol. The molecule has 0 radical (unpaired) electrons. The van der Waals surface area contributed by atoms with Crippen molar-refractivity contribution in [3.8, 4) is 55.9 Å². The lowest BCUT2D eigenvalue weighted by Crippen LogP contribution is -1.90. The van der Waals surface area contributed by atoms with Crippen LogP contribution in [0.25, 0.3) is 99.5 Å². The van der Waals surface area contributed by atoms with Gasteiger partial charge in [-0.2, -0.15) is 0 Å². The Labute approximate surface area is 300 Å². The lowest BCUT2D eigenvalue weighted by molar-refractivity contribution is 1.37. The zero-order chi connectivity index (χ0) is 34.4. The fraction of sp³-hybridized carbons (Fsp3) is 0. The van der Waals surface area contributed by atoms with Crippen molar-refractivity contribution in [1.29, 1.82) is 0 Å². The Morgan fingerprint density at radius 2 is 0.827 bits per heavy atom. The van der Waals surface area contributed by atoms with Crippen LogP contribution in [0, 0.1) is 0 Å². The van der Waals surface area contributed by atoms with Gasteiger partial charge in [0.05, 0.1) is 33.5 Å². The van der Waals surface area contributed by atoms with Crippen molar-refractivity contribution in [2.24, 2.45) is 0 Å². The third-order valence-corrected chi connectivity index (χ3v) is 9.95. The Morgan fingerprint density at radius 3 is 1.46 bits per heavy atom. The Hall–Kier alpha value is -7.04. The van der Waals surface area contributed by atoms with Gasteiger partial charge in [-0.1, -0.05) is 115 Å². The van der Waals surface area contributed by atoms with Crippen molar-refractivity contribution in [1.82, 2.24) is 19.9 Å². The Morgan fingerprint density at radius 1 is 0.308 bits per heavy atom. The fourth-order valence-corrected chi connectivity index (χ4v) is 7.23. The van der Waals surface area contributed by atoms with Gasteiger partial charge < -0.3 is 0 Å². The minimum absolute atomic E-state index is 0.922. The molecule has 0 fully saturated rings. The first-order valence-corrected chi connectivity index (χ1v) is 17.4. The van der Waals surface area contributed by atoms with Gasteiger partial charge in [0.1, 0.15) is 0 Å². The van der Waals surface area contributed by atoms with E-state index in [0.29, 0.717) is 0 Å². The second-order valence-electron chi connectivity index (χ2n) is 13.1. The first-order valence-electron chi connectivity index (χ1n) is 17.4. The molecule has 4 nitrogen and oxygen atoms in total. The molecule has 0 aliphatic heterocycles. The molecule has 10 rings (SSSR count). The Bertz CT molecular complexity index is 2940. The van der Waals surface area contributed by atoms with Gasteiger partial charge >= 0.3 is 0 Å². The van der Waals surface area contributed by atoms with Gasteiger partial charge in [0.15, 0.2) is 0 Å². The number of fused-ring (bicyclic) bond motifs is 5. The minimum Gasteiger partial charge on any atom is -0.254 e. The summed E-state index contributed by atoms with van der Waals surface area (Å²) in [6.07, 6.45) is 3.66. The highest BCUT2D eigenvalue weighted by molar-refractivity contribution is 6.10. The van der Waals surface area contributed by atoms with Gasteiger partial charge in [-0.15, -0.1) is 0 Å². The van der Waals surface area contributed by atoms with Crippen molar-refractivity contribution in [2.45, 2.75) is 0 Å². The second-order valence-corrected chi connectivity index (χ2v) is 13.1. The van der Waals surface area contributed by atoms with Crippen LogP contribution in [0.1, 0.15) is 0 Å². The summed E-state index contributed by atoms with van der Waals surface area (Å²) in [4.78, 5) is 19.3. The van der Waals surface area contributed by atoms with E-state index in [1.54, 1.807) is 0 Å². The smallest absolute Gasteiger partial charge is 0.0970 e. The minimum atomic E-state index is 0.922. The maximum atomic E-state index is 5.06. The third-order valence-electron chi connectivity index (χ3n) is 9.95. The van der Waals surface area contributed by atoms with E-state index in [9.17, 15) is 0 Å². The highest BCUT2D eigenvalue weighted by Gasteiger charge is 2.12. The molecule has 4 aromatic heterocycles. The molecule has 242 valence electrons. The summed E-state index contributed by atoms with van der Waals surface area (Å²) >= 11 is 0. The largest absolute Gasteiger partial charge is 0.254 e. The average molecular weight is 663 g/mol. The molecule has 0 saturated heterocycles. The van der Waals surface area contributed by atoms with Crippen LogP contribution in [0.5, 0.6) is 0 Å². The van der Waals surface area contributed by atoms with Gasteiger partial charge in [0.25, 0.3) is 0 Å². The van der Waals surface area contributed by atoms with Crippen molar-refractivity contribution in [3.05, 3.63) is 182 Å². The van der Waals surface area contributed by atoms with E-state index in [2.05, 4.69) is 162 Å². The molecular formula is C48H30N4. The van der Waals surface area contributed by atoms with Gasteiger partial charge in [-0.3, -0.25) is 9.97 Å². The molecule has 4 heteroatoms. The van der Waals surface area contributed by atoms with Gasteiger partial charge in [0.2, 0.25) is 0 Å². The molecule has 0 aliphatic rings. The maximum Gasteiger partial charge on any atom is 0.0970 e. The van der Waals surface area contributed by atoms with E-state index < -0.39 is 0 Å². The zero-order valence-corrected chi connectivity index (χ0v) is 28.1. The van der Waals surface area contributed by atoms with Crippen LogP contribution in [-0.4, -0.2) is 19.9 Å². The highest BCUT2D eigenvalue weighted by atomic mass is 14.7. The van der Waals surface area contributed by atoms with Crippen molar-refractivity contribution in [2.75, 3.05) is 0 Å². The normalized spacial score (nSPS) is 11.5. The molecule has 0 N–H and O–H groups in total. The molecule has 0 bridgehead atoms. The summed E-state index contributed by atoms with van der Waals surface area (Å²) < 4.78 is 0. The molecule has 0 amide bonds. The maximum absolute atomic E-state index is 5.06. The topological polar surface area (TPSA) is 51.6 Å². The number of hydrogen-bond acceptors (Lipinski definition) is 4. The summed E-state index contributed by atoms with van der Waals surface area (Å²) in [7, 11) is 0. The van der Waals surface area contributed by atoms with Crippen molar-refractivity contribution in [3.63, 3.8) is 0 Å². The van der Waals surface area contributed by atoms with Crippen LogP contribution in [0.4, 0.5) is 0 Å². The molecule has 0 saturated carbocycles. The van der Waals surface area contributed by atoms with Crippen LogP contribution in [0.3, 0.4) is 0 Å². The molecule has 0 unspecified atom stereocenters. The molecular weight excluding hydrogens is 633 g/mol. The summed E-state index contributed by atoms with van der Waals surface area (Å²) in [5.74, 6) is 0. The van der Waals surface area contributed by atoms with Crippen LogP contribution < -0.4 is 0 Å². The molecule has 52 heavy (non-hydrogen) atoms. The van der Waals surface area contributed by atoms with E-state index >= 15 is 0 Å². The van der Waals surface area contributed by atoms with E-state index in [0.717, 1.165) is 88.4 Å². The van der Waals surface area contributed by atoms with Gasteiger partial charge in [-0.25, -0.2) is 9.97 Å². The van der Waals surface area contributed by atoms with Gasteiger partial charge in [-0.05, 0) is 88.0 Å². The molecule has 0 aliphatic carbocycles. The number of nitrogens with zero attached hydrogens (tertiary/aromatic N) is 4. The summed E-state index contributed by atoms with van der Waals surface area (Å²) in [5, 5.41) is 4.40. The number of rotatable bonds is 5. The molecule has 4 heterocycles. The van der Waals surface area contributed by atoms with E-state index in [4.69, 9.17) is 9.97 Å². The van der Waals surface area contributed by atoms with Crippen LogP contribution in [0.15, 0.2) is 182 Å². The fourth-order valence-electron chi connectivity index (χ4n) is 7.23. The zero-order valence-electron chi connectivity index (χ0n) is 28.1. The SMILES string of the molecule is c1ccc(-c2ccc(-c3ccc4cc(-c5ccc6nc(-c7ccc(-c8cc9cccnc9c9ncccc89)cc7)ccc6c5)ccc4n3)cc2)cc1. The highest BCUT2D eigenvalue weighted by Crippen LogP contribution is 2.35. The molecule has 0 atom stereocenters. The van der Waals surface area contributed by atoms with E-state index in [1.807, 2.05) is 30.6 Å². The molecule has 0 spiro atoms. The molecule has 6 aromatic carbocycles. The average Bonchev–Trinajstić information content (AvgIpc) is 3.23. The predicted octanol–water partition coefficient (Wildman–Crippen LogP) is 12.2. The van der Waals surface area contributed by atoms with E-state index in [-0.39, 0.29) is 0 Å². The summed E-state index contributed by atoms with van der Waals surface area (Å²) in [5.41, 5.74) is 14.9. The Kier molecular flexibility index (Phi) is 7.10. The Balaban J connectivity index is 0.909. The van der Waals surface area contributed by atoms with Crippen LogP contribution in [0.2, 0.25) is 0 Å². The standard InChI is InChI=1S/C48H30N4/c1-2-6-31(7-3-1)32-10-14-34(15-11-32)43-24-20-38-28-36(18-22-45(38)51-43)37-19-23-46-39(29-37)21-25-44(52-46)35-16-12-33(13-17-35)42-30-40-8-4-26-49-47(40)48-41(42)9-5-27-50-48/h1-30H. The molecule has 10 aromatic rings. The monoisotopic (exact) mass is 662 g/mol. The first-order chi connectivity index (χ1) is 25.7.